The maximum atomic E-state index is 12.1. The molecular formula is C18H21N3O3. The maximum Gasteiger partial charge on any atom is 0.243 e. The van der Waals surface area contributed by atoms with Crippen molar-refractivity contribution in [3.63, 3.8) is 0 Å². The number of carbonyl (C=O) groups excluding carboxylic acids is 2. The molecule has 0 aliphatic carbocycles. The molecule has 6 heteroatoms. The van der Waals surface area contributed by atoms with Crippen molar-refractivity contribution < 1.29 is 14.3 Å². The molecule has 24 heavy (non-hydrogen) atoms. The second kappa shape index (κ2) is 8.57. The van der Waals surface area contributed by atoms with E-state index in [-0.39, 0.29) is 18.4 Å². The Hall–Kier alpha value is -3.02. The van der Waals surface area contributed by atoms with Gasteiger partial charge in [-0.25, -0.2) is 0 Å². The predicted molar refractivity (Wildman–Crippen MR) is 95.5 cm³/mol. The molecule has 0 fully saturated rings. The van der Waals surface area contributed by atoms with Crippen molar-refractivity contribution in [1.82, 2.24) is 0 Å². The van der Waals surface area contributed by atoms with Crippen molar-refractivity contribution in [1.29, 1.82) is 0 Å². The van der Waals surface area contributed by atoms with E-state index in [4.69, 9.17) is 4.74 Å². The minimum Gasteiger partial charge on any atom is -0.495 e. The summed E-state index contributed by atoms with van der Waals surface area (Å²) in [5.74, 6) is 0.408. The van der Waals surface area contributed by atoms with Crippen molar-refractivity contribution in [3.05, 3.63) is 48.5 Å². The zero-order valence-corrected chi connectivity index (χ0v) is 13.8. The number of para-hydroxylation sites is 2. The highest BCUT2D eigenvalue weighted by Gasteiger charge is 2.06. The molecule has 0 aromatic heterocycles. The highest BCUT2D eigenvalue weighted by Crippen LogP contribution is 2.22. The van der Waals surface area contributed by atoms with Gasteiger partial charge in [0.25, 0.3) is 0 Å². The number of hydrogen-bond donors (Lipinski definition) is 3. The number of carbonyl (C=O) groups is 2. The fraction of sp³-hybridized carbons (Fsp3) is 0.222. The molecule has 3 N–H and O–H groups in total. The number of nitrogens with one attached hydrogen (secondary N) is 3. The molecule has 2 amide bonds. The summed E-state index contributed by atoms with van der Waals surface area (Å²) in [5, 5.41) is 8.58. The van der Waals surface area contributed by atoms with Gasteiger partial charge in [-0.3, -0.25) is 9.59 Å². The Balaban J connectivity index is 1.92. The summed E-state index contributed by atoms with van der Waals surface area (Å²) in [5.41, 5.74) is 2.02. The predicted octanol–water partition coefficient (Wildman–Crippen LogP) is 3.09. The maximum absolute atomic E-state index is 12.1. The number of hydrogen-bond acceptors (Lipinski definition) is 4. The summed E-state index contributed by atoms with van der Waals surface area (Å²) >= 11 is 0. The van der Waals surface area contributed by atoms with Crippen LogP contribution >= 0.6 is 0 Å². The first kappa shape index (κ1) is 17.3. The van der Waals surface area contributed by atoms with E-state index in [1.165, 1.54) is 0 Å². The van der Waals surface area contributed by atoms with Crippen molar-refractivity contribution in [2.45, 2.75) is 13.3 Å². The molecule has 2 aromatic rings. The molecule has 0 aliphatic heterocycles. The summed E-state index contributed by atoms with van der Waals surface area (Å²) in [6.45, 7) is 1.89. The largest absolute Gasteiger partial charge is 0.495 e. The standard InChI is InChI=1S/C18H21N3O3/c1-3-17(22)20-13-7-6-8-14(11-13)21-18(23)12-19-15-9-4-5-10-16(15)24-2/h4-11,19H,3,12H2,1-2H3,(H,20,22)(H,21,23). The quantitative estimate of drug-likeness (QED) is 0.730. The molecule has 0 unspecified atom stereocenters. The topological polar surface area (TPSA) is 79.5 Å². The molecule has 0 saturated carbocycles. The molecule has 0 heterocycles. The fourth-order valence-electron chi connectivity index (χ4n) is 2.10. The Kier molecular flexibility index (Phi) is 6.19. The van der Waals surface area contributed by atoms with E-state index in [1.807, 2.05) is 24.3 Å². The minimum atomic E-state index is -0.195. The first-order valence-corrected chi connectivity index (χ1v) is 7.69. The van der Waals surface area contributed by atoms with Crippen LogP contribution in [0, 0.1) is 0 Å². The van der Waals surface area contributed by atoms with E-state index in [1.54, 1.807) is 38.3 Å². The first-order chi connectivity index (χ1) is 11.6. The van der Waals surface area contributed by atoms with E-state index in [2.05, 4.69) is 16.0 Å². The average Bonchev–Trinajstić information content (AvgIpc) is 2.60. The SMILES string of the molecule is CCC(=O)Nc1cccc(NC(=O)CNc2ccccc2OC)c1. The van der Waals surface area contributed by atoms with Crippen LogP contribution < -0.4 is 20.7 Å². The lowest BCUT2D eigenvalue weighted by Crippen LogP contribution is -2.22. The Bertz CT molecular complexity index is 716. The van der Waals surface area contributed by atoms with Gasteiger partial charge in [-0.1, -0.05) is 25.1 Å². The van der Waals surface area contributed by atoms with Crippen LogP contribution in [-0.4, -0.2) is 25.5 Å². The highest BCUT2D eigenvalue weighted by atomic mass is 16.5. The third kappa shape index (κ3) is 5.01. The smallest absolute Gasteiger partial charge is 0.243 e. The number of methoxy groups -OCH3 is 1. The molecule has 0 saturated heterocycles. The Morgan fingerprint density at radius 3 is 2.29 bits per heavy atom. The van der Waals surface area contributed by atoms with E-state index >= 15 is 0 Å². The van der Waals surface area contributed by atoms with Gasteiger partial charge in [0.1, 0.15) is 5.75 Å². The number of rotatable bonds is 7. The second-order valence-corrected chi connectivity index (χ2v) is 5.08. The molecule has 0 aliphatic rings. The van der Waals surface area contributed by atoms with Crippen LogP contribution in [0.2, 0.25) is 0 Å². The van der Waals surface area contributed by atoms with Crippen molar-refractivity contribution in [2.75, 3.05) is 29.6 Å². The molecule has 0 radical (unpaired) electrons. The van der Waals surface area contributed by atoms with Gasteiger partial charge in [0, 0.05) is 17.8 Å². The molecule has 0 bridgehead atoms. The molecule has 0 spiro atoms. The summed E-state index contributed by atoms with van der Waals surface area (Å²) < 4.78 is 5.22. The van der Waals surface area contributed by atoms with Gasteiger partial charge in [0.15, 0.2) is 0 Å². The van der Waals surface area contributed by atoms with Gasteiger partial charge < -0.3 is 20.7 Å². The number of amides is 2. The molecule has 6 nitrogen and oxygen atoms in total. The van der Waals surface area contributed by atoms with Gasteiger partial charge in [0.2, 0.25) is 11.8 Å². The molecule has 126 valence electrons. The van der Waals surface area contributed by atoms with Crippen LogP contribution in [0.4, 0.5) is 17.1 Å². The minimum absolute atomic E-state index is 0.0729. The van der Waals surface area contributed by atoms with E-state index in [0.29, 0.717) is 23.5 Å². The van der Waals surface area contributed by atoms with E-state index < -0.39 is 0 Å². The number of ether oxygens (including phenoxy) is 1. The molecule has 2 aromatic carbocycles. The summed E-state index contributed by atoms with van der Waals surface area (Å²) in [6, 6.07) is 14.4. The molecule has 0 atom stereocenters. The summed E-state index contributed by atoms with van der Waals surface area (Å²) in [4.78, 5) is 23.5. The van der Waals surface area contributed by atoms with Gasteiger partial charge in [-0.05, 0) is 30.3 Å². The van der Waals surface area contributed by atoms with Gasteiger partial charge in [-0.2, -0.15) is 0 Å². The summed E-state index contributed by atoms with van der Waals surface area (Å²) in [7, 11) is 1.58. The first-order valence-electron chi connectivity index (χ1n) is 7.69. The molecule has 2 rings (SSSR count). The number of anilines is 3. The van der Waals surface area contributed by atoms with Crippen LogP contribution in [0.1, 0.15) is 13.3 Å². The van der Waals surface area contributed by atoms with Crippen LogP contribution in [0.15, 0.2) is 48.5 Å². The lowest BCUT2D eigenvalue weighted by atomic mass is 10.2. The van der Waals surface area contributed by atoms with Crippen LogP contribution in [0.25, 0.3) is 0 Å². The molecular weight excluding hydrogens is 306 g/mol. The zero-order valence-electron chi connectivity index (χ0n) is 13.8. The van der Waals surface area contributed by atoms with Crippen molar-refractivity contribution in [2.24, 2.45) is 0 Å². The Morgan fingerprint density at radius 2 is 1.62 bits per heavy atom. The average molecular weight is 327 g/mol. The zero-order chi connectivity index (χ0) is 17.4. The van der Waals surface area contributed by atoms with Crippen LogP contribution in [0.5, 0.6) is 5.75 Å². The second-order valence-electron chi connectivity index (χ2n) is 5.08. The Labute approximate surface area is 141 Å². The van der Waals surface area contributed by atoms with Gasteiger partial charge in [0.05, 0.1) is 19.3 Å². The van der Waals surface area contributed by atoms with Gasteiger partial charge in [-0.15, -0.1) is 0 Å². The third-order valence-electron chi connectivity index (χ3n) is 3.30. The van der Waals surface area contributed by atoms with E-state index in [0.717, 1.165) is 5.69 Å². The van der Waals surface area contributed by atoms with E-state index in [9.17, 15) is 9.59 Å². The lowest BCUT2D eigenvalue weighted by molar-refractivity contribution is -0.116. The van der Waals surface area contributed by atoms with Gasteiger partial charge >= 0.3 is 0 Å². The normalized spacial score (nSPS) is 9.92. The van der Waals surface area contributed by atoms with Crippen molar-refractivity contribution in [3.8, 4) is 5.75 Å². The van der Waals surface area contributed by atoms with Crippen molar-refractivity contribution >= 4 is 28.9 Å². The highest BCUT2D eigenvalue weighted by molar-refractivity contribution is 5.95. The Morgan fingerprint density at radius 1 is 0.958 bits per heavy atom. The number of benzene rings is 2. The fourth-order valence-corrected chi connectivity index (χ4v) is 2.10. The third-order valence-corrected chi connectivity index (χ3v) is 3.30. The summed E-state index contributed by atoms with van der Waals surface area (Å²) in [6.07, 6.45) is 0.402. The van der Waals surface area contributed by atoms with Crippen LogP contribution in [0.3, 0.4) is 0 Å². The van der Waals surface area contributed by atoms with Crippen LogP contribution in [-0.2, 0) is 9.59 Å². The monoisotopic (exact) mass is 327 g/mol. The lowest BCUT2D eigenvalue weighted by Gasteiger charge is -2.11.